The van der Waals surface area contributed by atoms with Crippen molar-refractivity contribution < 1.29 is 9.90 Å². The lowest BCUT2D eigenvalue weighted by molar-refractivity contribution is 0.0747. The lowest BCUT2D eigenvalue weighted by Crippen LogP contribution is -2.48. The Labute approximate surface area is 142 Å². The zero-order valence-electron chi connectivity index (χ0n) is 14.1. The number of benzene rings is 2. The molecule has 1 fully saturated rings. The minimum Gasteiger partial charge on any atom is -0.506 e. The van der Waals surface area contributed by atoms with E-state index in [2.05, 4.69) is 4.90 Å². The van der Waals surface area contributed by atoms with Crippen molar-refractivity contribution in [3.8, 4) is 5.75 Å². The minimum atomic E-state index is 0.0654. The normalized spacial score (nSPS) is 14.6. The first-order valence-electron chi connectivity index (χ1n) is 8.16. The number of carbonyl (C=O) groups is 1. The van der Waals surface area contributed by atoms with Crippen LogP contribution in [-0.2, 0) is 0 Å². The Bertz CT molecular complexity index is 722. The second kappa shape index (κ2) is 6.83. The minimum absolute atomic E-state index is 0.0654. The van der Waals surface area contributed by atoms with Crippen LogP contribution in [-0.4, -0.2) is 56.2 Å². The largest absolute Gasteiger partial charge is 0.506 e. The topological polar surface area (TPSA) is 47.0 Å². The van der Waals surface area contributed by atoms with Gasteiger partial charge in [-0.05, 0) is 30.3 Å². The first-order valence-corrected chi connectivity index (χ1v) is 8.16. The van der Waals surface area contributed by atoms with Crippen LogP contribution in [0.25, 0.3) is 0 Å². The number of hydrogen-bond acceptors (Lipinski definition) is 4. The zero-order valence-corrected chi connectivity index (χ0v) is 14.1. The second-order valence-corrected chi connectivity index (χ2v) is 6.21. The molecule has 1 amide bonds. The second-order valence-electron chi connectivity index (χ2n) is 6.21. The SMILES string of the molecule is CN(C)c1cccc(C(=O)N2CCN(c3ccccc3O)CC2)c1. The number of anilines is 2. The fourth-order valence-corrected chi connectivity index (χ4v) is 2.98. The number of rotatable bonds is 3. The third-order valence-corrected chi connectivity index (χ3v) is 4.40. The average molecular weight is 325 g/mol. The predicted octanol–water partition coefficient (Wildman–Crippen LogP) is 2.42. The van der Waals surface area contributed by atoms with Crippen LogP contribution in [0, 0.1) is 0 Å². The molecular weight excluding hydrogens is 302 g/mol. The van der Waals surface area contributed by atoms with E-state index < -0.39 is 0 Å². The molecule has 0 saturated carbocycles. The van der Waals surface area contributed by atoms with Crippen LogP contribution < -0.4 is 9.80 Å². The van der Waals surface area contributed by atoms with Gasteiger partial charge >= 0.3 is 0 Å². The van der Waals surface area contributed by atoms with Gasteiger partial charge in [0.25, 0.3) is 5.91 Å². The summed E-state index contributed by atoms with van der Waals surface area (Å²) in [5, 5.41) is 9.97. The quantitative estimate of drug-likeness (QED) is 0.941. The number of phenols is 1. The highest BCUT2D eigenvalue weighted by atomic mass is 16.3. The third kappa shape index (κ3) is 3.30. The summed E-state index contributed by atoms with van der Waals surface area (Å²) in [5.74, 6) is 0.353. The van der Waals surface area contributed by atoms with Crippen molar-refractivity contribution in [2.75, 3.05) is 50.1 Å². The molecule has 0 aromatic heterocycles. The molecule has 0 unspecified atom stereocenters. The van der Waals surface area contributed by atoms with Crippen molar-refractivity contribution in [2.24, 2.45) is 0 Å². The smallest absolute Gasteiger partial charge is 0.254 e. The lowest BCUT2D eigenvalue weighted by Gasteiger charge is -2.36. The van der Waals surface area contributed by atoms with E-state index in [0.29, 0.717) is 13.1 Å². The number of phenolic OH excluding ortho intramolecular Hbond substituents is 1. The molecule has 1 aliphatic heterocycles. The highest BCUT2D eigenvalue weighted by Gasteiger charge is 2.23. The van der Waals surface area contributed by atoms with E-state index in [0.717, 1.165) is 30.0 Å². The summed E-state index contributed by atoms with van der Waals surface area (Å²) in [5.41, 5.74) is 2.57. The van der Waals surface area contributed by atoms with E-state index in [1.54, 1.807) is 6.07 Å². The summed E-state index contributed by atoms with van der Waals surface area (Å²) >= 11 is 0. The number of nitrogens with zero attached hydrogens (tertiary/aromatic N) is 3. The summed E-state index contributed by atoms with van der Waals surface area (Å²) in [7, 11) is 3.93. The van der Waals surface area contributed by atoms with Gasteiger partial charge in [0.2, 0.25) is 0 Å². The van der Waals surface area contributed by atoms with Gasteiger partial charge in [-0.25, -0.2) is 0 Å². The Morgan fingerprint density at radius 2 is 1.71 bits per heavy atom. The molecule has 1 N–H and O–H groups in total. The molecular formula is C19H23N3O2. The van der Waals surface area contributed by atoms with E-state index in [1.807, 2.05) is 66.4 Å². The third-order valence-electron chi connectivity index (χ3n) is 4.40. The van der Waals surface area contributed by atoms with Gasteiger partial charge in [-0.1, -0.05) is 18.2 Å². The molecule has 1 saturated heterocycles. The number of amides is 1. The van der Waals surface area contributed by atoms with Crippen LogP contribution >= 0.6 is 0 Å². The Kier molecular flexibility index (Phi) is 4.60. The first kappa shape index (κ1) is 16.2. The van der Waals surface area contributed by atoms with Crippen LogP contribution in [0.15, 0.2) is 48.5 Å². The van der Waals surface area contributed by atoms with Crippen molar-refractivity contribution in [3.05, 3.63) is 54.1 Å². The molecule has 1 heterocycles. The zero-order chi connectivity index (χ0) is 17.1. The maximum atomic E-state index is 12.7. The number of piperazine rings is 1. The molecule has 0 atom stereocenters. The summed E-state index contributed by atoms with van der Waals surface area (Å²) in [6.45, 7) is 2.74. The fourth-order valence-electron chi connectivity index (χ4n) is 2.98. The highest BCUT2D eigenvalue weighted by molar-refractivity contribution is 5.95. The molecule has 0 radical (unpaired) electrons. The monoisotopic (exact) mass is 325 g/mol. The van der Waals surface area contributed by atoms with Gasteiger partial charge in [0.15, 0.2) is 0 Å². The molecule has 24 heavy (non-hydrogen) atoms. The molecule has 126 valence electrons. The summed E-state index contributed by atoms with van der Waals surface area (Å²) < 4.78 is 0. The molecule has 1 aliphatic rings. The number of hydrogen-bond donors (Lipinski definition) is 1. The molecule has 0 spiro atoms. The van der Waals surface area contributed by atoms with Crippen molar-refractivity contribution in [3.63, 3.8) is 0 Å². The molecule has 0 bridgehead atoms. The molecule has 3 rings (SSSR count). The van der Waals surface area contributed by atoms with E-state index in [1.165, 1.54) is 0 Å². The molecule has 2 aromatic carbocycles. The Morgan fingerprint density at radius 1 is 1.00 bits per heavy atom. The van der Waals surface area contributed by atoms with Gasteiger partial charge < -0.3 is 19.8 Å². The number of para-hydroxylation sites is 2. The van der Waals surface area contributed by atoms with Crippen LogP contribution in [0.2, 0.25) is 0 Å². The van der Waals surface area contributed by atoms with E-state index in [-0.39, 0.29) is 11.7 Å². The molecule has 2 aromatic rings. The fraction of sp³-hybridized carbons (Fsp3) is 0.316. The van der Waals surface area contributed by atoms with Crippen LogP contribution in [0.5, 0.6) is 5.75 Å². The van der Waals surface area contributed by atoms with Gasteiger partial charge in [0.05, 0.1) is 5.69 Å². The Balaban J connectivity index is 1.67. The summed E-state index contributed by atoms with van der Waals surface area (Å²) in [4.78, 5) is 18.7. The van der Waals surface area contributed by atoms with E-state index in [9.17, 15) is 9.90 Å². The summed E-state index contributed by atoms with van der Waals surface area (Å²) in [6.07, 6.45) is 0. The van der Waals surface area contributed by atoms with Gasteiger partial charge in [0, 0.05) is 51.5 Å². The van der Waals surface area contributed by atoms with Crippen molar-refractivity contribution >= 4 is 17.3 Å². The van der Waals surface area contributed by atoms with Crippen molar-refractivity contribution in [2.45, 2.75) is 0 Å². The van der Waals surface area contributed by atoms with E-state index in [4.69, 9.17) is 0 Å². The first-order chi connectivity index (χ1) is 11.6. The van der Waals surface area contributed by atoms with Gasteiger partial charge in [-0.15, -0.1) is 0 Å². The predicted molar refractivity (Wildman–Crippen MR) is 97.0 cm³/mol. The maximum Gasteiger partial charge on any atom is 0.254 e. The molecule has 5 nitrogen and oxygen atoms in total. The maximum absolute atomic E-state index is 12.7. The van der Waals surface area contributed by atoms with Gasteiger partial charge in [-0.2, -0.15) is 0 Å². The van der Waals surface area contributed by atoms with Gasteiger partial charge in [0.1, 0.15) is 5.75 Å². The average Bonchev–Trinajstić information content (AvgIpc) is 2.62. The molecule has 0 aliphatic carbocycles. The van der Waals surface area contributed by atoms with Gasteiger partial charge in [-0.3, -0.25) is 4.79 Å². The standard InChI is InChI=1S/C19H23N3O2/c1-20(2)16-7-5-6-15(14-16)19(24)22-12-10-21(11-13-22)17-8-3-4-9-18(17)23/h3-9,14,23H,10-13H2,1-2H3. The lowest BCUT2D eigenvalue weighted by atomic mass is 10.1. The molecule has 5 heteroatoms. The Morgan fingerprint density at radius 3 is 2.38 bits per heavy atom. The van der Waals surface area contributed by atoms with E-state index >= 15 is 0 Å². The van der Waals surface area contributed by atoms with Crippen LogP contribution in [0.1, 0.15) is 10.4 Å². The van der Waals surface area contributed by atoms with Crippen molar-refractivity contribution in [1.82, 2.24) is 4.90 Å². The number of aromatic hydroxyl groups is 1. The van der Waals surface area contributed by atoms with Crippen LogP contribution in [0.4, 0.5) is 11.4 Å². The van der Waals surface area contributed by atoms with Crippen molar-refractivity contribution in [1.29, 1.82) is 0 Å². The van der Waals surface area contributed by atoms with Crippen LogP contribution in [0.3, 0.4) is 0 Å². The highest BCUT2D eigenvalue weighted by Crippen LogP contribution is 2.27. The number of carbonyl (C=O) groups excluding carboxylic acids is 1. The Hall–Kier alpha value is -2.69. The summed E-state index contributed by atoms with van der Waals surface area (Å²) in [6, 6.07) is 15.0.